The Labute approximate surface area is 245 Å². The first-order valence-corrected chi connectivity index (χ1v) is 12.6. The monoisotopic (exact) mass is 609 g/mol. The topological polar surface area (TPSA) is 71.5 Å². The van der Waals surface area contributed by atoms with Gasteiger partial charge in [-0.2, -0.15) is 12.1 Å². The van der Waals surface area contributed by atoms with Crippen LogP contribution < -0.4 is 15.0 Å². The van der Waals surface area contributed by atoms with Crippen LogP contribution in [0.2, 0.25) is 0 Å². The standard InChI is InChI=1S/C24H21F3N3O3S.C5H5.Fe/c1-5-19-28-18(14-34-19)22(32)30(16-10-12-17(13-11-16)33-24(25,26)27)20(15-8-6-7-9-15)21(31)29-23(2,3)4;1-2-4-5-3-1;/h1,6-14,20H,2-4H3,(H,29,31);1-5H;/q-1;-5;. The molecule has 0 saturated heterocycles. The molecule has 0 saturated carbocycles. The quantitative estimate of drug-likeness (QED) is 0.155. The van der Waals surface area contributed by atoms with E-state index in [4.69, 9.17) is 6.42 Å². The summed E-state index contributed by atoms with van der Waals surface area (Å²) in [4.78, 5) is 32.3. The van der Waals surface area contributed by atoms with E-state index >= 15 is 0 Å². The number of nitrogens with zero attached hydrogens (tertiary/aromatic N) is 2. The van der Waals surface area contributed by atoms with Gasteiger partial charge in [-0.1, -0.05) is 0 Å². The minimum Gasteiger partial charge on any atom is -0.748 e. The normalized spacial score (nSPS) is 11.6. The maximum atomic E-state index is 13.6. The minimum atomic E-state index is -4.87. The van der Waals surface area contributed by atoms with Crippen LogP contribution in [0, 0.1) is 12.3 Å². The molecular formula is C29H26F3FeN3O3S-6. The van der Waals surface area contributed by atoms with E-state index in [1.54, 1.807) is 45.0 Å². The van der Waals surface area contributed by atoms with Gasteiger partial charge >= 0.3 is 6.36 Å². The first-order chi connectivity index (χ1) is 18.4. The SMILES string of the molecule is C#Cc1nc(C(=O)N(c2ccc(OC(F)(F)F)cc2)C(C(=O)NC(C)(C)C)[c-]2cccc2)cs1.[Fe].[cH-]1[cH-][cH-][cH-][cH-]1. The smallest absolute Gasteiger partial charge is 0.573 e. The molecule has 0 radical (unpaired) electrons. The third-order valence-corrected chi connectivity index (χ3v) is 5.75. The number of hydrogen-bond donors (Lipinski definition) is 1. The van der Waals surface area contributed by atoms with Gasteiger partial charge in [-0.3, -0.25) is 9.59 Å². The Bertz CT molecular complexity index is 1370. The van der Waals surface area contributed by atoms with Crippen LogP contribution in [0.1, 0.15) is 47.9 Å². The molecule has 0 spiro atoms. The van der Waals surface area contributed by atoms with Crippen LogP contribution in [0.5, 0.6) is 5.75 Å². The molecule has 11 heteroatoms. The van der Waals surface area contributed by atoms with Gasteiger partial charge in [0.25, 0.3) is 5.91 Å². The van der Waals surface area contributed by atoms with Gasteiger partial charge in [-0.05, 0) is 51.0 Å². The molecule has 1 N–H and O–H groups in total. The number of rotatable bonds is 6. The molecule has 40 heavy (non-hydrogen) atoms. The number of anilines is 1. The van der Waals surface area contributed by atoms with Crippen LogP contribution in [-0.4, -0.2) is 28.7 Å². The molecule has 6 nitrogen and oxygen atoms in total. The summed E-state index contributed by atoms with van der Waals surface area (Å²) in [5.41, 5.74) is 0.0787. The number of hydrogen-bond acceptors (Lipinski definition) is 5. The maximum Gasteiger partial charge on any atom is 0.573 e. The van der Waals surface area contributed by atoms with E-state index < -0.39 is 35.5 Å². The minimum absolute atomic E-state index is 0. The Morgan fingerprint density at radius 2 is 1.62 bits per heavy atom. The second kappa shape index (κ2) is 14.0. The number of aromatic nitrogens is 1. The molecule has 4 rings (SSSR count). The van der Waals surface area contributed by atoms with Crippen LogP contribution in [-0.2, 0) is 21.9 Å². The van der Waals surface area contributed by atoms with Gasteiger partial charge in [0, 0.05) is 33.7 Å². The van der Waals surface area contributed by atoms with Gasteiger partial charge in [-0.15, -0.1) is 36.5 Å². The number of benzene rings is 1. The Balaban J connectivity index is 0.000000840. The fourth-order valence-electron chi connectivity index (χ4n) is 3.50. The Kier molecular flexibility index (Phi) is 11.3. The molecule has 1 atom stereocenters. The van der Waals surface area contributed by atoms with Crippen molar-refractivity contribution in [1.29, 1.82) is 0 Å². The summed E-state index contributed by atoms with van der Waals surface area (Å²) in [6.07, 6.45) is 0.508. The van der Waals surface area contributed by atoms with Crippen molar-refractivity contribution in [1.82, 2.24) is 10.3 Å². The maximum absolute atomic E-state index is 13.6. The summed E-state index contributed by atoms with van der Waals surface area (Å²) in [6.45, 7) is 5.38. The van der Waals surface area contributed by atoms with Gasteiger partial charge in [-0.25, -0.2) is 17.1 Å². The third kappa shape index (κ3) is 9.42. The zero-order chi connectivity index (χ0) is 28.6. The van der Waals surface area contributed by atoms with Crippen LogP contribution in [0.4, 0.5) is 18.9 Å². The number of amides is 2. The second-order valence-corrected chi connectivity index (χ2v) is 10.1. The summed E-state index contributed by atoms with van der Waals surface area (Å²) < 4.78 is 41.7. The molecular weight excluding hydrogens is 583 g/mol. The van der Waals surface area contributed by atoms with Crippen molar-refractivity contribution >= 4 is 28.8 Å². The van der Waals surface area contributed by atoms with E-state index in [-0.39, 0.29) is 33.5 Å². The summed E-state index contributed by atoms with van der Waals surface area (Å²) in [5.74, 6) is 0.775. The van der Waals surface area contributed by atoms with Crippen LogP contribution in [0.25, 0.3) is 0 Å². The van der Waals surface area contributed by atoms with Crippen molar-refractivity contribution in [3.05, 3.63) is 101 Å². The number of terminal acetylenes is 1. The van der Waals surface area contributed by atoms with Gasteiger partial charge in [0.2, 0.25) is 5.91 Å². The number of halogens is 3. The number of carbonyl (C=O) groups excluding carboxylic acids is 2. The molecule has 216 valence electrons. The molecule has 1 aromatic heterocycles. The first-order valence-electron chi connectivity index (χ1n) is 11.7. The number of nitrogens with one attached hydrogen (secondary N) is 1. The van der Waals surface area contributed by atoms with Crippen molar-refractivity contribution < 1.29 is 44.6 Å². The van der Waals surface area contributed by atoms with E-state index in [9.17, 15) is 22.8 Å². The molecule has 0 aliphatic carbocycles. The Morgan fingerprint density at radius 1 is 1.07 bits per heavy atom. The molecule has 1 heterocycles. The average Bonchev–Trinajstić information content (AvgIpc) is 3.64. The van der Waals surface area contributed by atoms with Crippen molar-refractivity contribution in [3.63, 3.8) is 0 Å². The van der Waals surface area contributed by atoms with Crippen LogP contribution >= 0.6 is 11.3 Å². The molecule has 2 amide bonds. The van der Waals surface area contributed by atoms with E-state index in [0.29, 0.717) is 5.56 Å². The fraction of sp³-hybridized carbons (Fsp3) is 0.207. The van der Waals surface area contributed by atoms with E-state index in [2.05, 4.69) is 21.0 Å². The summed E-state index contributed by atoms with van der Waals surface area (Å²) >= 11 is 1.09. The molecule has 1 unspecified atom stereocenters. The Hall–Kier alpha value is -3.84. The van der Waals surface area contributed by atoms with Gasteiger partial charge in [0.15, 0.2) is 5.01 Å². The third-order valence-electron chi connectivity index (χ3n) is 4.98. The van der Waals surface area contributed by atoms with Crippen molar-refractivity contribution in [2.45, 2.75) is 38.7 Å². The summed E-state index contributed by atoms with van der Waals surface area (Å²) in [7, 11) is 0. The molecule has 0 aliphatic heterocycles. The van der Waals surface area contributed by atoms with E-state index in [1.807, 2.05) is 30.3 Å². The second-order valence-electron chi connectivity index (χ2n) is 9.22. The number of alkyl halides is 3. The van der Waals surface area contributed by atoms with Gasteiger partial charge in [0.05, 0.1) is 6.04 Å². The van der Waals surface area contributed by atoms with Gasteiger partial charge in [0.1, 0.15) is 11.4 Å². The average molecular weight is 609 g/mol. The van der Waals surface area contributed by atoms with Crippen molar-refractivity contribution in [2.24, 2.45) is 0 Å². The first kappa shape index (κ1) is 32.4. The van der Waals surface area contributed by atoms with Gasteiger partial charge < -0.3 is 45.3 Å². The van der Waals surface area contributed by atoms with E-state index in [0.717, 1.165) is 23.5 Å². The molecule has 4 aromatic rings. The predicted octanol–water partition coefficient (Wildman–Crippen LogP) is 6.45. The number of ether oxygens (including phenoxy) is 1. The zero-order valence-corrected chi connectivity index (χ0v) is 23.7. The molecule has 3 aromatic carbocycles. The van der Waals surface area contributed by atoms with Crippen molar-refractivity contribution in [2.75, 3.05) is 4.90 Å². The summed E-state index contributed by atoms with van der Waals surface area (Å²) in [5, 5.41) is 4.61. The molecule has 0 aliphatic rings. The van der Waals surface area contributed by atoms with Crippen LogP contribution in [0.3, 0.4) is 0 Å². The molecule has 0 bridgehead atoms. The Morgan fingerprint density at radius 3 is 2.08 bits per heavy atom. The number of thiazole rings is 1. The summed E-state index contributed by atoms with van der Waals surface area (Å²) in [6, 6.07) is 20.4. The van der Waals surface area contributed by atoms with Crippen LogP contribution in [0.15, 0.2) is 84.2 Å². The number of carbonyl (C=O) groups is 2. The fourth-order valence-corrected chi connectivity index (χ4v) is 4.10. The van der Waals surface area contributed by atoms with E-state index in [1.165, 1.54) is 22.4 Å². The van der Waals surface area contributed by atoms with Crippen molar-refractivity contribution in [3.8, 4) is 18.1 Å². The zero-order valence-electron chi connectivity index (χ0n) is 21.8. The largest absolute Gasteiger partial charge is 0.748 e. The predicted molar refractivity (Wildman–Crippen MR) is 145 cm³/mol. The molecule has 0 fully saturated rings.